The first kappa shape index (κ1) is 33.6. The molecule has 3 N–H and O–H groups in total. The monoisotopic (exact) mass is 548 g/mol. The fraction of sp³-hybridized carbons (Fsp3) is 0.611. The van der Waals surface area contributed by atoms with Gasteiger partial charge in [-0.05, 0) is 78.2 Å². The zero-order valence-electron chi connectivity index (χ0n) is 26.5. The average molecular weight is 549 g/mol. The van der Waals surface area contributed by atoms with Crippen LogP contribution in [0.2, 0.25) is 0 Å². The highest BCUT2D eigenvalue weighted by molar-refractivity contribution is 5.97. The van der Waals surface area contributed by atoms with E-state index in [4.69, 9.17) is 5.73 Å². The predicted molar refractivity (Wildman–Crippen MR) is 170 cm³/mol. The van der Waals surface area contributed by atoms with E-state index < -0.39 is 0 Å². The number of unbranched alkanes of at least 4 members (excludes halogenated alkanes) is 5. The summed E-state index contributed by atoms with van der Waals surface area (Å²) < 4.78 is 0. The van der Waals surface area contributed by atoms with Gasteiger partial charge < -0.3 is 11.1 Å². The van der Waals surface area contributed by atoms with E-state index in [1.165, 1.54) is 36.8 Å². The van der Waals surface area contributed by atoms with Gasteiger partial charge in [0.2, 0.25) is 5.91 Å². The molecule has 4 nitrogen and oxygen atoms in total. The number of amides is 2. The minimum absolute atomic E-state index is 0.00204. The average Bonchev–Trinajstić information content (AvgIpc) is 2.94. The Morgan fingerprint density at radius 1 is 0.750 bits per heavy atom. The van der Waals surface area contributed by atoms with Crippen LogP contribution in [0.15, 0.2) is 42.5 Å². The van der Waals surface area contributed by atoms with E-state index in [1.54, 1.807) is 6.07 Å². The van der Waals surface area contributed by atoms with Gasteiger partial charge in [-0.25, -0.2) is 0 Å². The van der Waals surface area contributed by atoms with Crippen LogP contribution in [0, 0.1) is 0 Å². The van der Waals surface area contributed by atoms with Crippen molar-refractivity contribution in [2.24, 2.45) is 5.73 Å². The topological polar surface area (TPSA) is 72.2 Å². The Bertz CT molecular complexity index is 1090. The first-order valence-electron chi connectivity index (χ1n) is 15.8. The molecular formula is C36H56N2O2. The maximum Gasteiger partial charge on any atom is 0.251 e. The summed E-state index contributed by atoms with van der Waals surface area (Å²) >= 11 is 0. The van der Waals surface area contributed by atoms with Gasteiger partial charge in [-0.3, -0.25) is 9.59 Å². The number of carbonyl (C=O) groups excluding carboxylic acids is 2. The minimum atomic E-state index is -0.368. The Kier molecular flexibility index (Phi) is 13.4. The van der Waals surface area contributed by atoms with Crippen LogP contribution in [-0.2, 0) is 17.3 Å². The van der Waals surface area contributed by atoms with E-state index in [1.807, 2.05) is 24.3 Å². The zero-order valence-corrected chi connectivity index (χ0v) is 26.5. The van der Waals surface area contributed by atoms with Crippen LogP contribution in [0.5, 0.6) is 0 Å². The molecule has 0 aliphatic rings. The van der Waals surface area contributed by atoms with Gasteiger partial charge in [0.25, 0.3) is 5.91 Å². The molecule has 0 aromatic heterocycles. The standard InChI is InChI=1S/C36H56N2O2/c1-8-11-12-13-14-22-28(23-17-15-20-27-21-16-18-24-29(27)33(37)39)38-34(40)30-25-19-26-31(35(4,5)9-2)32(30)36(6,7)10-3/h16,18-19,21,24-26,28H,8-15,17,20,22-23H2,1-7H3,(H2,37,39)(H,38,40). The van der Waals surface area contributed by atoms with Gasteiger partial charge in [-0.1, -0.05) is 117 Å². The molecule has 222 valence electrons. The quantitative estimate of drug-likeness (QED) is 0.182. The highest BCUT2D eigenvalue weighted by Crippen LogP contribution is 2.39. The highest BCUT2D eigenvalue weighted by Gasteiger charge is 2.33. The van der Waals surface area contributed by atoms with E-state index in [-0.39, 0.29) is 28.7 Å². The van der Waals surface area contributed by atoms with Gasteiger partial charge in [0.1, 0.15) is 0 Å². The van der Waals surface area contributed by atoms with Crippen molar-refractivity contribution >= 4 is 11.8 Å². The molecule has 2 amide bonds. The number of nitrogens with one attached hydrogen (secondary N) is 1. The second kappa shape index (κ2) is 16.0. The maximum absolute atomic E-state index is 14.0. The van der Waals surface area contributed by atoms with Crippen molar-refractivity contribution in [3.8, 4) is 0 Å². The molecule has 4 heteroatoms. The molecule has 40 heavy (non-hydrogen) atoms. The lowest BCUT2D eigenvalue weighted by Crippen LogP contribution is -2.37. The maximum atomic E-state index is 14.0. The molecule has 0 aliphatic carbocycles. The van der Waals surface area contributed by atoms with Crippen LogP contribution in [-0.4, -0.2) is 17.9 Å². The smallest absolute Gasteiger partial charge is 0.251 e. The first-order valence-corrected chi connectivity index (χ1v) is 15.8. The first-order chi connectivity index (χ1) is 19.0. The fourth-order valence-electron chi connectivity index (χ4n) is 5.63. The molecule has 0 heterocycles. The third kappa shape index (κ3) is 9.49. The summed E-state index contributed by atoms with van der Waals surface area (Å²) in [5.41, 5.74) is 10.4. The Morgan fingerprint density at radius 2 is 1.35 bits per heavy atom. The fourth-order valence-corrected chi connectivity index (χ4v) is 5.63. The Balaban J connectivity index is 2.22. The zero-order chi connectivity index (χ0) is 29.8. The van der Waals surface area contributed by atoms with E-state index >= 15 is 0 Å². The largest absolute Gasteiger partial charge is 0.366 e. The van der Waals surface area contributed by atoms with Gasteiger partial charge >= 0.3 is 0 Å². The van der Waals surface area contributed by atoms with Crippen LogP contribution in [0.3, 0.4) is 0 Å². The Hall–Kier alpha value is -2.62. The molecule has 0 radical (unpaired) electrons. The van der Waals surface area contributed by atoms with Gasteiger partial charge in [0.15, 0.2) is 0 Å². The molecular weight excluding hydrogens is 492 g/mol. The summed E-state index contributed by atoms with van der Waals surface area (Å²) in [7, 11) is 0. The van der Waals surface area contributed by atoms with Crippen molar-refractivity contribution in [2.75, 3.05) is 0 Å². The van der Waals surface area contributed by atoms with Gasteiger partial charge in [-0.2, -0.15) is 0 Å². The molecule has 2 aromatic rings. The number of hydrogen-bond acceptors (Lipinski definition) is 2. The molecule has 0 saturated carbocycles. The number of aryl methyl sites for hydroxylation is 1. The van der Waals surface area contributed by atoms with Crippen LogP contribution >= 0.6 is 0 Å². The van der Waals surface area contributed by atoms with Crippen molar-refractivity contribution in [3.63, 3.8) is 0 Å². The lowest BCUT2D eigenvalue weighted by atomic mass is 9.69. The SMILES string of the molecule is CCCCCCCC(CCCCc1ccccc1C(N)=O)NC(=O)c1cccc(C(C)(C)CC)c1C(C)(C)CC. The Morgan fingerprint density at radius 3 is 1.98 bits per heavy atom. The number of primary amides is 1. The summed E-state index contributed by atoms with van der Waals surface area (Å²) in [5.74, 6) is -0.310. The van der Waals surface area contributed by atoms with Crippen molar-refractivity contribution in [1.29, 1.82) is 0 Å². The van der Waals surface area contributed by atoms with Gasteiger partial charge in [-0.15, -0.1) is 0 Å². The van der Waals surface area contributed by atoms with Crippen molar-refractivity contribution in [2.45, 2.75) is 142 Å². The lowest BCUT2D eigenvalue weighted by Gasteiger charge is -2.35. The number of benzene rings is 2. The second-order valence-electron chi connectivity index (χ2n) is 12.8. The highest BCUT2D eigenvalue weighted by atomic mass is 16.2. The normalized spacial score (nSPS) is 12.8. The number of carbonyl (C=O) groups is 2. The molecule has 2 aromatic carbocycles. The third-order valence-electron chi connectivity index (χ3n) is 9.01. The van der Waals surface area contributed by atoms with Gasteiger partial charge in [0, 0.05) is 17.2 Å². The van der Waals surface area contributed by atoms with E-state index in [9.17, 15) is 9.59 Å². The van der Waals surface area contributed by atoms with Gasteiger partial charge in [0.05, 0.1) is 0 Å². The summed E-state index contributed by atoms with van der Waals surface area (Å²) in [4.78, 5) is 25.8. The molecule has 0 spiro atoms. The molecule has 2 rings (SSSR count). The predicted octanol–water partition coefficient (Wildman–Crippen LogP) is 9.03. The summed E-state index contributed by atoms with van der Waals surface area (Å²) in [6.45, 7) is 15.8. The van der Waals surface area contributed by atoms with Crippen LogP contribution < -0.4 is 11.1 Å². The summed E-state index contributed by atoms with van der Waals surface area (Å²) in [6.07, 6.45) is 12.8. The molecule has 0 aliphatic heterocycles. The second-order valence-corrected chi connectivity index (χ2v) is 12.8. The van der Waals surface area contributed by atoms with Crippen LogP contribution in [0.1, 0.15) is 157 Å². The van der Waals surface area contributed by atoms with Crippen molar-refractivity contribution < 1.29 is 9.59 Å². The van der Waals surface area contributed by atoms with Crippen LogP contribution in [0.4, 0.5) is 0 Å². The third-order valence-corrected chi connectivity index (χ3v) is 9.01. The van der Waals surface area contributed by atoms with Crippen LogP contribution in [0.25, 0.3) is 0 Å². The summed E-state index contributed by atoms with van der Waals surface area (Å²) in [6, 6.07) is 14.1. The number of nitrogens with two attached hydrogens (primary N) is 1. The molecule has 0 fully saturated rings. The minimum Gasteiger partial charge on any atom is -0.366 e. The molecule has 0 saturated heterocycles. The van der Waals surface area contributed by atoms with Crippen molar-refractivity contribution in [3.05, 3.63) is 70.3 Å². The number of rotatable bonds is 18. The van der Waals surface area contributed by atoms with E-state index in [0.717, 1.165) is 62.5 Å². The van der Waals surface area contributed by atoms with E-state index in [2.05, 4.69) is 65.9 Å². The number of hydrogen-bond donors (Lipinski definition) is 2. The molecule has 1 atom stereocenters. The summed E-state index contributed by atoms with van der Waals surface area (Å²) in [5, 5.41) is 3.47. The lowest BCUT2D eigenvalue weighted by molar-refractivity contribution is 0.0927. The Labute approximate surface area is 244 Å². The van der Waals surface area contributed by atoms with Crippen molar-refractivity contribution in [1.82, 2.24) is 5.32 Å². The van der Waals surface area contributed by atoms with E-state index in [0.29, 0.717) is 5.56 Å². The molecule has 0 bridgehead atoms. The molecule has 1 unspecified atom stereocenters.